The second kappa shape index (κ2) is 11.0. The van der Waals surface area contributed by atoms with Crippen LogP contribution in [0.5, 0.6) is 17.2 Å². The van der Waals surface area contributed by atoms with Gasteiger partial charge in [0.1, 0.15) is 16.8 Å². The van der Waals surface area contributed by atoms with Crippen molar-refractivity contribution in [2.75, 3.05) is 0 Å². The average molecular weight is 483 g/mol. The Morgan fingerprint density at radius 2 is 1.00 bits per heavy atom. The molecular weight excluding hydrogens is 444 g/mol. The lowest BCUT2D eigenvalue weighted by Gasteiger charge is -2.23. The molecule has 1 atom stereocenters. The first-order chi connectivity index (χ1) is 15.3. The van der Waals surface area contributed by atoms with E-state index in [9.17, 15) is 14.4 Å². The third-order valence-corrected chi connectivity index (χ3v) is 3.97. The summed E-state index contributed by atoms with van der Waals surface area (Å²) in [5.74, 6) is -0.663. The molecule has 1 aromatic rings. The number of hydrogen-bond acceptors (Lipinski definition) is 9. The fourth-order valence-corrected chi connectivity index (χ4v) is 2.44. The maximum absolute atomic E-state index is 12.4. The Hall–Kier alpha value is -2.97. The highest BCUT2D eigenvalue weighted by Gasteiger charge is 2.29. The Morgan fingerprint density at radius 1 is 0.676 bits per heavy atom. The van der Waals surface area contributed by atoms with Crippen molar-refractivity contribution in [3.05, 3.63) is 17.7 Å². The lowest BCUT2D eigenvalue weighted by molar-refractivity contribution is 0.0106. The highest BCUT2D eigenvalue weighted by atomic mass is 16.8. The van der Waals surface area contributed by atoms with E-state index in [0.717, 1.165) is 6.42 Å². The molecule has 9 heteroatoms. The van der Waals surface area contributed by atoms with Crippen molar-refractivity contribution >= 4 is 18.5 Å². The summed E-state index contributed by atoms with van der Waals surface area (Å²) in [6.07, 6.45) is -2.38. The van der Waals surface area contributed by atoms with Crippen molar-refractivity contribution in [2.24, 2.45) is 0 Å². The fourth-order valence-electron chi connectivity index (χ4n) is 2.44. The van der Waals surface area contributed by atoms with Gasteiger partial charge in [-0.1, -0.05) is 13.8 Å². The lowest BCUT2D eigenvalue weighted by atomic mass is 9.98. The minimum atomic E-state index is -1.08. The van der Waals surface area contributed by atoms with E-state index in [2.05, 4.69) is 0 Å². The van der Waals surface area contributed by atoms with E-state index in [1.54, 1.807) is 62.3 Å². The molecule has 0 aliphatic rings. The largest absolute Gasteiger partial charge is 0.514 e. The molecule has 0 aliphatic heterocycles. The molecular formula is C25H38O9. The first kappa shape index (κ1) is 29.1. The van der Waals surface area contributed by atoms with Gasteiger partial charge < -0.3 is 28.4 Å². The highest BCUT2D eigenvalue weighted by Crippen LogP contribution is 2.42. The third-order valence-electron chi connectivity index (χ3n) is 3.97. The number of hydrogen-bond donors (Lipinski definition) is 0. The van der Waals surface area contributed by atoms with Crippen LogP contribution in [0.1, 0.15) is 94.1 Å². The van der Waals surface area contributed by atoms with Crippen molar-refractivity contribution in [3.8, 4) is 17.2 Å². The quantitative estimate of drug-likeness (QED) is 0.246. The van der Waals surface area contributed by atoms with Gasteiger partial charge in [-0.3, -0.25) is 0 Å². The molecule has 0 bridgehead atoms. The lowest BCUT2D eigenvalue weighted by Crippen LogP contribution is -2.28. The zero-order chi connectivity index (χ0) is 26.5. The van der Waals surface area contributed by atoms with E-state index in [1.807, 2.05) is 13.8 Å². The summed E-state index contributed by atoms with van der Waals surface area (Å²) in [6, 6.07) is 3.06. The molecule has 0 N–H and O–H groups in total. The first-order valence-corrected chi connectivity index (χ1v) is 11.2. The number of carbonyl (C=O) groups is 3. The summed E-state index contributed by atoms with van der Waals surface area (Å²) in [4.78, 5) is 37.3. The van der Waals surface area contributed by atoms with Gasteiger partial charge >= 0.3 is 18.5 Å². The van der Waals surface area contributed by atoms with Gasteiger partial charge in [0.25, 0.3) is 0 Å². The number of carbonyl (C=O) groups excluding carboxylic acids is 3. The zero-order valence-corrected chi connectivity index (χ0v) is 22.1. The Kier molecular flexibility index (Phi) is 9.38. The van der Waals surface area contributed by atoms with E-state index >= 15 is 0 Å². The van der Waals surface area contributed by atoms with Crippen LogP contribution in [0.25, 0.3) is 0 Å². The van der Waals surface area contributed by atoms with Gasteiger partial charge in [0, 0.05) is 0 Å². The number of ether oxygens (including phenoxy) is 6. The SMILES string of the molecule is CCC(C)c1cc(OC(=O)OC(C)(C)C)c(OC(=O)OC(C)(C)C)c(OC(=O)OC(C)(C)C)c1. The second-order valence-electron chi connectivity index (χ2n) is 10.9. The topological polar surface area (TPSA) is 107 Å². The molecule has 34 heavy (non-hydrogen) atoms. The molecule has 0 heterocycles. The highest BCUT2D eigenvalue weighted by molar-refractivity contribution is 5.74. The maximum Gasteiger partial charge on any atom is 0.514 e. The Balaban J connectivity index is 3.55. The normalized spacial score (nSPS) is 12.9. The molecule has 192 valence electrons. The molecule has 0 amide bonds. The summed E-state index contributed by atoms with van der Waals surface area (Å²) in [5, 5.41) is 0. The average Bonchev–Trinajstić information content (AvgIpc) is 2.58. The molecule has 0 spiro atoms. The van der Waals surface area contributed by atoms with Crippen LogP contribution in [0.2, 0.25) is 0 Å². The van der Waals surface area contributed by atoms with E-state index in [0.29, 0.717) is 5.56 Å². The predicted molar refractivity (Wildman–Crippen MR) is 126 cm³/mol. The Bertz CT molecular complexity index is 832. The first-order valence-electron chi connectivity index (χ1n) is 11.2. The van der Waals surface area contributed by atoms with E-state index in [1.165, 1.54) is 12.1 Å². The van der Waals surface area contributed by atoms with Crippen LogP contribution in [-0.2, 0) is 14.2 Å². The van der Waals surface area contributed by atoms with Gasteiger partial charge in [-0.15, -0.1) is 0 Å². The molecule has 1 rings (SSSR count). The third kappa shape index (κ3) is 10.8. The molecule has 1 aromatic carbocycles. The van der Waals surface area contributed by atoms with Crippen LogP contribution in [0.3, 0.4) is 0 Å². The van der Waals surface area contributed by atoms with E-state index in [4.69, 9.17) is 28.4 Å². The van der Waals surface area contributed by atoms with Crippen LogP contribution in [0.15, 0.2) is 12.1 Å². The molecule has 0 aromatic heterocycles. The monoisotopic (exact) mass is 482 g/mol. The Labute approximate surface area is 202 Å². The van der Waals surface area contributed by atoms with Gasteiger partial charge in [0.2, 0.25) is 5.75 Å². The predicted octanol–water partition coefficient (Wildman–Crippen LogP) is 7.14. The van der Waals surface area contributed by atoms with Crippen LogP contribution >= 0.6 is 0 Å². The zero-order valence-electron chi connectivity index (χ0n) is 22.1. The van der Waals surface area contributed by atoms with Gasteiger partial charge in [0.05, 0.1) is 0 Å². The van der Waals surface area contributed by atoms with E-state index < -0.39 is 35.3 Å². The summed E-state index contributed by atoms with van der Waals surface area (Å²) in [6.45, 7) is 19.0. The minimum absolute atomic E-state index is 0.00227. The van der Waals surface area contributed by atoms with Crippen LogP contribution < -0.4 is 14.2 Å². The fraction of sp³-hybridized carbons (Fsp3) is 0.640. The van der Waals surface area contributed by atoms with Gasteiger partial charge in [-0.2, -0.15) is 0 Å². The van der Waals surface area contributed by atoms with Crippen molar-refractivity contribution in [1.29, 1.82) is 0 Å². The molecule has 9 nitrogen and oxygen atoms in total. The van der Waals surface area contributed by atoms with Crippen molar-refractivity contribution in [2.45, 2.75) is 105 Å². The molecule has 0 radical (unpaired) electrons. The van der Waals surface area contributed by atoms with Gasteiger partial charge in [-0.05, 0) is 92.3 Å². The van der Waals surface area contributed by atoms with Gasteiger partial charge in [-0.25, -0.2) is 14.4 Å². The van der Waals surface area contributed by atoms with Crippen LogP contribution in [0, 0.1) is 0 Å². The second-order valence-corrected chi connectivity index (χ2v) is 10.9. The smallest absolute Gasteiger partial charge is 0.428 e. The summed E-state index contributed by atoms with van der Waals surface area (Å²) in [7, 11) is 0. The molecule has 0 fully saturated rings. The number of rotatable bonds is 5. The van der Waals surface area contributed by atoms with Crippen LogP contribution in [-0.4, -0.2) is 35.3 Å². The molecule has 0 saturated carbocycles. The minimum Gasteiger partial charge on any atom is -0.428 e. The van der Waals surface area contributed by atoms with Gasteiger partial charge in [0.15, 0.2) is 11.5 Å². The van der Waals surface area contributed by atoms with Crippen LogP contribution in [0.4, 0.5) is 14.4 Å². The number of benzene rings is 1. The van der Waals surface area contributed by atoms with Crippen molar-refractivity contribution < 1.29 is 42.8 Å². The summed E-state index contributed by atoms with van der Waals surface area (Å²) >= 11 is 0. The van der Waals surface area contributed by atoms with Crippen molar-refractivity contribution in [3.63, 3.8) is 0 Å². The molecule has 0 aliphatic carbocycles. The standard InChI is InChI=1S/C25H38O9/c1-12-15(2)16-13-17(29-20(26)32-23(3,4)5)19(31-22(28)34-25(9,10)11)18(14-16)30-21(27)33-24(6,7)8/h13-15H,12H2,1-11H3. The summed E-state index contributed by atoms with van der Waals surface area (Å²) < 4.78 is 31.8. The van der Waals surface area contributed by atoms with E-state index in [-0.39, 0.29) is 23.2 Å². The molecule has 1 unspecified atom stereocenters. The molecule has 0 saturated heterocycles. The maximum atomic E-state index is 12.4. The van der Waals surface area contributed by atoms with Crippen molar-refractivity contribution in [1.82, 2.24) is 0 Å². The Morgan fingerprint density at radius 3 is 1.29 bits per heavy atom. The summed E-state index contributed by atoms with van der Waals surface area (Å²) in [5.41, 5.74) is -1.83.